The minimum atomic E-state index is -3.79. The number of carbonyl (C=O) groups is 2. The number of sulfonamides is 1. The monoisotopic (exact) mass is 401 g/mol. The van der Waals surface area contributed by atoms with E-state index in [9.17, 15) is 18.0 Å². The Labute approximate surface area is 164 Å². The lowest BCUT2D eigenvalue weighted by atomic mass is 10.0. The van der Waals surface area contributed by atoms with Gasteiger partial charge in [-0.25, -0.2) is 8.42 Å². The number of benzene rings is 2. The lowest BCUT2D eigenvalue weighted by molar-refractivity contribution is -0.118. The first-order valence-corrected chi connectivity index (χ1v) is 10.6. The zero-order valence-corrected chi connectivity index (χ0v) is 16.7. The van der Waals surface area contributed by atoms with Gasteiger partial charge in [0.2, 0.25) is 11.8 Å². The Morgan fingerprint density at radius 3 is 2.39 bits per heavy atom. The molecule has 0 atom stereocenters. The SMILES string of the molecule is CCC(=O)N1CCCc2ccc(NS(=O)(=O)c3ccc(NC(C)=O)cc3)cc21. The normalized spacial score (nSPS) is 13.6. The standard InChI is InChI=1S/C20H23N3O4S/c1-3-20(25)23-12-4-5-15-6-7-17(13-19(15)23)22-28(26,27)18-10-8-16(9-11-18)21-14(2)24/h6-11,13,22H,3-5,12H2,1-2H3,(H,21,24). The van der Waals surface area contributed by atoms with Gasteiger partial charge in [-0.2, -0.15) is 0 Å². The summed E-state index contributed by atoms with van der Waals surface area (Å²) in [6, 6.07) is 11.2. The Bertz CT molecular complexity index is 1000. The molecule has 7 nitrogen and oxygen atoms in total. The Hall–Kier alpha value is -2.87. The van der Waals surface area contributed by atoms with Crippen LogP contribution >= 0.6 is 0 Å². The van der Waals surface area contributed by atoms with E-state index in [0.29, 0.717) is 24.3 Å². The summed E-state index contributed by atoms with van der Waals surface area (Å²) in [7, 11) is -3.79. The van der Waals surface area contributed by atoms with Crippen LogP contribution in [0, 0.1) is 0 Å². The number of nitrogens with zero attached hydrogens (tertiary/aromatic N) is 1. The fourth-order valence-electron chi connectivity index (χ4n) is 3.22. The number of nitrogens with one attached hydrogen (secondary N) is 2. The van der Waals surface area contributed by atoms with E-state index in [0.717, 1.165) is 24.1 Å². The fourth-order valence-corrected chi connectivity index (χ4v) is 4.27. The van der Waals surface area contributed by atoms with Crippen molar-refractivity contribution in [1.82, 2.24) is 0 Å². The van der Waals surface area contributed by atoms with E-state index < -0.39 is 10.0 Å². The second-order valence-electron chi connectivity index (χ2n) is 6.66. The number of anilines is 3. The molecule has 0 aliphatic carbocycles. The van der Waals surface area contributed by atoms with Crippen LogP contribution in [0.1, 0.15) is 32.3 Å². The Balaban J connectivity index is 1.85. The maximum Gasteiger partial charge on any atom is 0.261 e. The summed E-state index contributed by atoms with van der Waals surface area (Å²) in [6.45, 7) is 3.84. The smallest absolute Gasteiger partial charge is 0.261 e. The molecule has 0 spiro atoms. The number of hydrogen-bond acceptors (Lipinski definition) is 4. The third-order valence-corrected chi connectivity index (χ3v) is 5.94. The minimum Gasteiger partial charge on any atom is -0.326 e. The third kappa shape index (κ3) is 4.33. The van der Waals surface area contributed by atoms with Crippen LogP contribution in [0.5, 0.6) is 0 Å². The number of hydrogen-bond donors (Lipinski definition) is 2. The minimum absolute atomic E-state index is 0.0227. The highest BCUT2D eigenvalue weighted by atomic mass is 32.2. The van der Waals surface area contributed by atoms with Gasteiger partial charge in [-0.3, -0.25) is 14.3 Å². The van der Waals surface area contributed by atoms with Crippen molar-refractivity contribution in [2.45, 2.75) is 38.0 Å². The van der Waals surface area contributed by atoms with Crippen molar-refractivity contribution in [2.24, 2.45) is 0 Å². The molecule has 0 unspecified atom stereocenters. The lowest BCUT2D eigenvalue weighted by Crippen LogP contribution is -2.35. The van der Waals surface area contributed by atoms with Gasteiger partial charge in [-0.1, -0.05) is 13.0 Å². The van der Waals surface area contributed by atoms with E-state index in [1.54, 1.807) is 17.0 Å². The molecule has 1 heterocycles. The summed E-state index contributed by atoms with van der Waals surface area (Å²) in [5, 5.41) is 2.60. The molecule has 28 heavy (non-hydrogen) atoms. The Morgan fingerprint density at radius 1 is 1.07 bits per heavy atom. The summed E-state index contributed by atoms with van der Waals surface area (Å²) in [4.78, 5) is 25.1. The van der Waals surface area contributed by atoms with Crippen molar-refractivity contribution in [2.75, 3.05) is 21.5 Å². The molecule has 2 aromatic carbocycles. The molecule has 0 aromatic heterocycles. The second kappa shape index (κ2) is 8.02. The van der Waals surface area contributed by atoms with Gasteiger partial charge in [0.1, 0.15) is 0 Å². The van der Waals surface area contributed by atoms with Crippen LogP contribution in [-0.4, -0.2) is 26.8 Å². The molecular formula is C20H23N3O4S. The van der Waals surface area contributed by atoms with Crippen LogP contribution in [0.25, 0.3) is 0 Å². The third-order valence-electron chi connectivity index (χ3n) is 4.54. The van der Waals surface area contributed by atoms with E-state index in [4.69, 9.17) is 0 Å². The second-order valence-corrected chi connectivity index (χ2v) is 8.34. The average molecular weight is 401 g/mol. The molecule has 0 saturated carbocycles. The molecule has 1 aliphatic heterocycles. The highest BCUT2D eigenvalue weighted by Gasteiger charge is 2.23. The van der Waals surface area contributed by atoms with Gasteiger partial charge in [0, 0.05) is 31.3 Å². The summed E-state index contributed by atoms with van der Waals surface area (Å²) in [6.07, 6.45) is 2.15. The molecule has 2 aromatic rings. The summed E-state index contributed by atoms with van der Waals surface area (Å²) in [5.74, 6) is -0.205. The number of rotatable bonds is 5. The predicted molar refractivity (Wildman–Crippen MR) is 109 cm³/mol. The summed E-state index contributed by atoms with van der Waals surface area (Å²) in [5.41, 5.74) is 2.73. The van der Waals surface area contributed by atoms with Crippen LogP contribution in [0.15, 0.2) is 47.4 Å². The molecule has 0 saturated heterocycles. The average Bonchev–Trinajstić information content (AvgIpc) is 2.66. The van der Waals surface area contributed by atoms with Crippen LogP contribution in [0.2, 0.25) is 0 Å². The molecule has 0 fully saturated rings. The molecule has 3 rings (SSSR count). The molecule has 8 heteroatoms. The molecule has 1 aliphatic rings. The molecule has 2 amide bonds. The van der Waals surface area contributed by atoms with Crippen molar-refractivity contribution < 1.29 is 18.0 Å². The quantitative estimate of drug-likeness (QED) is 0.805. The van der Waals surface area contributed by atoms with E-state index in [-0.39, 0.29) is 16.7 Å². The summed E-state index contributed by atoms with van der Waals surface area (Å²) >= 11 is 0. The van der Waals surface area contributed by atoms with Crippen LogP contribution in [-0.2, 0) is 26.0 Å². The van der Waals surface area contributed by atoms with Gasteiger partial charge in [0.05, 0.1) is 10.6 Å². The van der Waals surface area contributed by atoms with Gasteiger partial charge in [0.15, 0.2) is 0 Å². The first-order valence-electron chi connectivity index (χ1n) is 9.14. The van der Waals surface area contributed by atoms with E-state index in [1.165, 1.54) is 31.2 Å². The number of amides is 2. The van der Waals surface area contributed by atoms with Gasteiger partial charge < -0.3 is 10.2 Å². The van der Waals surface area contributed by atoms with Gasteiger partial charge in [-0.05, 0) is 54.8 Å². The van der Waals surface area contributed by atoms with Crippen molar-refractivity contribution in [3.8, 4) is 0 Å². The Kier molecular flexibility index (Phi) is 5.69. The van der Waals surface area contributed by atoms with Crippen molar-refractivity contribution >= 4 is 38.9 Å². The van der Waals surface area contributed by atoms with Crippen molar-refractivity contribution in [3.63, 3.8) is 0 Å². The van der Waals surface area contributed by atoms with Gasteiger partial charge in [-0.15, -0.1) is 0 Å². The van der Waals surface area contributed by atoms with Crippen LogP contribution in [0.4, 0.5) is 17.1 Å². The lowest BCUT2D eigenvalue weighted by Gasteiger charge is -2.29. The van der Waals surface area contributed by atoms with E-state index >= 15 is 0 Å². The van der Waals surface area contributed by atoms with Crippen LogP contribution in [0.3, 0.4) is 0 Å². The zero-order chi connectivity index (χ0) is 20.3. The number of fused-ring (bicyclic) bond motifs is 1. The first kappa shape index (κ1) is 19.9. The van der Waals surface area contributed by atoms with Crippen LogP contribution < -0.4 is 14.9 Å². The molecule has 148 valence electrons. The van der Waals surface area contributed by atoms with Gasteiger partial charge in [0.25, 0.3) is 10.0 Å². The highest BCUT2D eigenvalue weighted by Crippen LogP contribution is 2.31. The number of carbonyl (C=O) groups excluding carboxylic acids is 2. The highest BCUT2D eigenvalue weighted by molar-refractivity contribution is 7.92. The largest absolute Gasteiger partial charge is 0.326 e. The Morgan fingerprint density at radius 2 is 1.75 bits per heavy atom. The maximum absolute atomic E-state index is 12.7. The fraction of sp³-hybridized carbons (Fsp3) is 0.300. The zero-order valence-electron chi connectivity index (χ0n) is 15.9. The molecule has 0 bridgehead atoms. The van der Waals surface area contributed by atoms with Gasteiger partial charge >= 0.3 is 0 Å². The van der Waals surface area contributed by atoms with E-state index in [2.05, 4.69) is 10.0 Å². The maximum atomic E-state index is 12.7. The van der Waals surface area contributed by atoms with Crippen molar-refractivity contribution in [1.29, 1.82) is 0 Å². The predicted octanol–water partition coefficient (Wildman–Crippen LogP) is 3.14. The molecule has 0 radical (unpaired) electrons. The van der Waals surface area contributed by atoms with Crippen molar-refractivity contribution in [3.05, 3.63) is 48.0 Å². The molecular weight excluding hydrogens is 378 g/mol. The topological polar surface area (TPSA) is 95.6 Å². The summed E-state index contributed by atoms with van der Waals surface area (Å²) < 4.78 is 28.0. The first-order chi connectivity index (χ1) is 13.3. The molecule has 2 N–H and O–H groups in total. The van der Waals surface area contributed by atoms with E-state index in [1.807, 2.05) is 13.0 Å². The number of aryl methyl sites for hydroxylation is 1.